The molecule has 0 aromatic heterocycles. The number of unbranched alkanes of at least 4 members (excludes halogenated alkanes) is 1. The third-order valence-electron chi connectivity index (χ3n) is 3.44. The number of hydrogen-bond acceptors (Lipinski definition) is 4. The summed E-state index contributed by atoms with van der Waals surface area (Å²) in [5, 5.41) is 11.4. The van der Waals surface area contributed by atoms with Crippen LogP contribution in [0.1, 0.15) is 31.7 Å². The Morgan fingerprint density at radius 2 is 2.04 bits per heavy atom. The summed E-state index contributed by atoms with van der Waals surface area (Å²) in [5.74, 6) is 0.370. The SMILES string of the molecule is CCCCOc1ccc(CNC(=O)N(C)CCC(=O)O)cc1OC. The summed E-state index contributed by atoms with van der Waals surface area (Å²) in [7, 11) is 3.13. The van der Waals surface area contributed by atoms with Crippen LogP contribution in [-0.4, -0.2) is 49.3 Å². The van der Waals surface area contributed by atoms with Gasteiger partial charge < -0.3 is 24.8 Å². The lowest BCUT2D eigenvalue weighted by Crippen LogP contribution is -2.37. The number of aliphatic carboxylic acids is 1. The third kappa shape index (κ3) is 6.76. The van der Waals surface area contributed by atoms with Crippen molar-refractivity contribution in [3.63, 3.8) is 0 Å². The maximum absolute atomic E-state index is 11.9. The lowest BCUT2D eigenvalue weighted by Gasteiger charge is -2.17. The van der Waals surface area contributed by atoms with Crippen molar-refractivity contribution in [3.05, 3.63) is 23.8 Å². The highest BCUT2D eigenvalue weighted by Crippen LogP contribution is 2.28. The first kappa shape index (κ1) is 19.6. The van der Waals surface area contributed by atoms with Gasteiger partial charge >= 0.3 is 12.0 Å². The van der Waals surface area contributed by atoms with Gasteiger partial charge in [-0.25, -0.2) is 4.79 Å². The van der Waals surface area contributed by atoms with Gasteiger partial charge in [0.05, 0.1) is 20.1 Å². The lowest BCUT2D eigenvalue weighted by molar-refractivity contribution is -0.137. The van der Waals surface area contributed by atoms with Crippen LogP contribution < -0.4 is 14.8 Å². The molecule has 0 atom stereocenters. The molecule has 0 fully saturated rings. The van der Waals surface area contributed by atoms with Crippen LogP contribution in [0, 0.1) is 0 Å². The van der Waals surface area contributed by atoms with Gasteiger partial charge in [0.1, 0.15) is 0 Å². The summed E-state index contributed by atoms with van der Waals surface area (Å²) in [6, 6.07) is 5.18. The van der Waals surface area contributed by atoms with Crippen molar-refractivity contribution < 1.29 is 24.2 Å². The van der Waals surface area contributed by atoms with E-state index in [4.69, 9.17) is 14.6 Å². The number of carboxylic acid groups (broad SMARTS) is 1. The molecule has 0 aliphatic rings. The maximum atomic E-state index is 11.9. The molecular formula is C17H26N2O5. The Morgan fingerprint density at radius 3 is 2.67 bits per heavy atom. The van der Waals surface area contributed by atoms with Crippen LogP contribution in [0.2, 0.25) is 0 Å². The predicted octanol–water partition coefficient (Wildman–Crippen LogP) is 2.49. The van der Waals surface area contributed by atoms with Gasteiger partial charge in [0.15, 0.2) is 11.5 Å². The number of ether oxygens (including phenoxy) is 2. The second-order valence-corrected chi connectivity index (χ2v) is 5.41. The van der Waals surface area contributed by atoms with Crippen LogP contribution in [0.4, 0.5) is 4.79 Å². The standard InChI is InChI=1S/C17H26N2O5/c1-4-5-10-24-14-7-6-13(11-15(14)23-3)12-18-17(22)19(2)9-8-16(20)21/h6-7,11H,4-5,8-10,12H2,1-3H3,(H,18,22)(H,20,21). The summed E-state index contributed by atoms with van der Waals surface area (Å²) in [4.78, 5) is 23.7. The van der Waals surface area contributed by atoms with E-state index in [-0.39, 0.29) is 19.0 Å². The molecule has 0 aliphatic carbocycles. The zero-order chi connectivity index (χ0) is 17.9. The van der Waals surface area contributed by atoms with Crippen molar-refractivity contribution in [3.8, 4) is 11.5 Å². The van der Waals surface area contributed by atoms with E-state index in [1.165, 1.54) is 4.90 Å². The van der Waals surface area contributed by atoms with Crippen LogP contribution in [0.5, 0.6) is 11.5 Å². The lowest BCUT2D eigenvalue weighted by atomic mass is 10.2. The van der Waals surface area contributed by atoms with Gasteiger partial charge in [0.25, 0.3) is 0 Å². The van der Waals surface area contributed by atoms with E-state index in [2.05, 4.69) is 12.2 Å². The molecule has 2 amide bonds. The Bertz CT molecular complexity index is 548. The fraction of sp³-hybridized carbons (Fsp3) is 0.529. The molecule has 24 heavy (non-hydrogen) atoms. The van der Waals surface area contributed by atoms with E-state index in [0.717, 1.165) is 18.4 Å². The van der Waals surface area contributed by atoms with Crippen molar-refractivity contribution >= 4 is 12.0 Å². The number of carboxylic acids is 1. The molecule has 0 radical (unpaired) electrons. The minimum Gasteiger partial charge on any atom is -0.493 e. The zero-order valence-corrected chi connectivity index (χ0v) is 14.5. The van der Waals surface area contributed by atoms with Gasteiger partial charge in [-0.1, -0.05) is 19.4 Å². The molecule has 1 aromatic rings. The van der Waals surface area contributed by atoms with E-state index in [1.807, 2.05) is 18.2 Å². The number of methoxy groups -OCH3 is 1. The number of urea groups is 1. The van der Waals surface area contributed by atoms with E-state index in [0.29, 0.717) is 24.7 Å². The Labute approximate surface area is 142 Å². The summed E-state index contributed by atoms with van der Waals surface area (Å²) in [5.41, 5.74) is 0.870. The molecule has 1 rings (SSSR count). The Balaban J connectivity index is 2.55. The monoisotopic (exact) mass is 338 g/mol. The molecule has 0 saturated heterocycles. The van der Waals surface area contributed by atoms with Crippen molar-refractivity contribution in [1.29, 1.82) is 0 Å². The van der Waals surface area contributed by atoms with Crippen molar-refractivity contribution in [2.24, 2.45) is 0 Å². The topological polar surface area (TPSA) is 88.1 Å². The number of hydrogen-bond donors (Lipinski definition) is 2. The third-order valence-corrected chi connectivity index (χ3v) is 3.44. The number of nitrogens with one attached hydrogen (secondary N) is 1. The highest BCUT2D eigenvalue weighted by atomic mass is 16.5. The first-order valence-electron chi connectivity index (χ1n) is 7.98. The van der Waals surface area contributed by atoms with E-state index >= 15 is 0 Å². The molecule has 2 N–H and O–H groups in total. The largest absolute Gasteiger partial charge is 0.493 e. The number of benzene rings is 1. The summed E-state index contributed by atoms with van der Waals surface area (Å²) in [6.07, 6.45) is 1.95. The number of nitrogens with zero attached hydrogens (tertiary/aromatic N) is 1. The summed E-state index contributed by atoms with van der Waals surface area (Å²) < 4.78 is 11.0. The number of amides is 2. The van der Waals surface area contributed by atoms with Gasteiger partial charge in [-0.15, -0.1) is 0 Å². The molecule has 0 spiro atoms. The van der Waals surface area contributed by atoms with Gasteiger partial charge in [0, 0.05) is 20.1 Å². The predicted molar refractivity (Wildman–Crippen MR) is 90.5 cm³/mol. The van der Waals surface area contributed by atoms with Crippen molar-refractivity contribution in [1.82, 2.24) is 10.2 Å². The minimum atomic E-state index is -0.932. The average molecular weight is 338 g/mol. The smallest absolute Gasteiger partial charge is 0.317 e. The van der Waals surface area contributed by atoms with Gasteiger partial charge in [-0.05, 0) is 24.1 Å². The normalized spacial score (nSPS) is 10.1. The van der Waals surface area contributed by atoms with Crippen LogP contribution >= 0.6 is 0 Å². The maximum Gasteiger partial charge on any atom is 0.317 e. The van der Waals surface area contributed by atoms with E-state index < -0.39 is 5.97 Å². The Morgan fingerprint density at radius 1 is 1.29 bits per heavy atom. The van der Waals surface area contributed by atoms with Gasteiger partial charge in [-0.3, -0.25) is 4.79 Å². The molecule has 0 aliphatic heterocycles. The zero-order valence-electron chi connectivity index (χ0n) is 14.5. The van der Waals surface area contributed by atoms with E-state index in [9.17, 15) is 9.59 Å². The highest BCUT2D eigenvalue weighted by molar-refractivity contribution is 5.75. The second-order valence-electron chi connectivity index (χ2n) is 5.41. The molecule has 0 bridgehead atoms. The summed E-state index contributed by atoms with van der Waals surface area (Å²) >= 11 is 0. The first-order chi connectivity index (χ1) is 11.5. The van der Waals surface area contributed by atoms with Gasteiger partial charge in [0.2, 0.25) is 0 Å². The molecule has 0 saturated carbocycles. The molecule has 1 aromatic carbocycles. The fourth-order valence-electron chi connectivity index (χ4n) is 1.95. The first-order valence-corrected chi connectivity index (χ1v) is 7.98. The number of carbonyl (C=O) groups excluding carboxylic acids is 1. The molecule has 7 nitrogen and oxygen atoms in total. The molecule has 7 heteroatoms. The van der Waals surface area contributed by atoms with Crippen LogP contribution in [-0.2, 0) is 11.3 Å². The summed E-state index contributed by atoms with van der Waals surface area (Å²) in [6.45, 7) is 3.22. The molecular weight excluding hydrogens is 312 g/mol. The average Bonchev–Trinajstić information content (AvgIpc) is 2.58. The minimum absolute atomic E-state index is 0.0818. The quantitative estimate of drug-likeness (QED) is 0.640. The molecule has 0 heterocycles. The molecule has 0 unspecified atom stereocenters. The Kier molecular flexibility index (Phi) is 8.46. The van der Waals surface area contributed by atoms with Crippen LogP contribution in [0.25, 0.3) is 0 Å². The van der Waals surface area contributed by atoms with E-state index in [1.54, 1.807) is 14.2 Å². The van der Waals surface area contributed by atoms with Crippen LogP contribution in [0.3, 0.4) is 0 Å². The Hall–Kier alpha value is -2.44. The number of carbonyl (C=O) groups is 2. The second kappa shape index (κ2) is 10.4. The van der Waals surface area contributed by atoms with Crippen molar-refractivity contribution in [2.75, 3.05) is 27.3 Å². The fourth-order valence-corrected chi connectivity index (χ4v) is 1.95. The van der Waals surface area contributed by atoms with Crippen LogP contribution in [0.15, 0.2) is 18.2 Å². The highest BCUT2D eigenvalue weighted by Gasteiger charge is 2.11. The van der Waals surface area contributed by atoms with Crippen molar-refractivity contribution in [2.45, 2.75) is 32.7 Å². The van der Waals surface area contributed by atoms with Gasteiger partial charge in [-0.2, -0.15) is 0 Å². The number of rotatable bonds is 10. The molecule has 134 valence electrons.